The van der Waals surface area contributed by atoms with Crippen LogP contribution in [0.1, 0.15) is 25.3 Å². The molecule has 5 heteroatoms. The van der Waals surface area contributed by atoms with Crippen molar-refractivity contribution in [2.24, 2.45) is 0 Å². The molecule has 100 valence electrons. The van der Waals surface area contributed by atoms with E-state index in [-0.39, 0.29) is 6.03 Å². The summed E-state index contributed by atoms with van der Waals surface area (Å²) in [5.41, 5.74) is 1.04. The molecule has 1 aromatic heterocycles. The van der Waals surface area contributed by atoms with Gasteiger partial charge in [0, 0.05) is 33.4 Å². The summed E-state index contributed by atoms with van der Waals surface area (Å²) < 4.78 is 0. The minimum absolute atomic E-state index is 0.119. The van der Waals surface area contributed by atoms with Crippen LogP contribution in [0.4, 0.5) is 10.6 Å². The van der Waals surface area contributed by atoms with E-state index in [1.807, 2.05) is 31.1 Å². The molecule has 2 amide bonds. The van der Waals surface area contributed by atoms with Gasteiger partial charge in [-0.3, -0.25) is 0 Å². The molecule has 0 radical (unpaired) electrons. The van der Waals surface area contributed by atoms with Crippen molar-refractivity contribution in [3.05, 3.63) is 23.9 Å². The number of anilines is 1. The van der Waals surface area contributed by atoms with E-state index in [2.05, 4.69) is 22.5 Å². The molecule has 0 bridgehead atoms. The molecule has 0 spiro atoms. The van der Waals surface area contributed by atoms with Crippen molar-refractivity contribution >= 4 is 11.8 Å². The summed E-state index contributed by atoms with van der Waals surface area (Å²) in [5.74, 6) is 0.890. The molecule has 0 aromatic carbocycles. The van der Waals surface area contributed by atoms with Crippen molar-refractivity contribution in [2.45, 2.75) is 26.3 Å². The van der Waals surface area contributed by atoms with Gasteiger partial charge in [-0.25, -0.2) is 9.78 Å². The zero-order valence-electron chi connectivity index (χ0n) is 11.4. The van der Waals surface area contributed by atoms with Gasteiger partial charge in [0.05, 0.1) is 0 Å². The number of carbonyl (C=O) groups is 1. The minimum atomic E-state index is -0.119. The number of rotatable bonds is 6. The molecule has 1 rings (SSSR count). The third-order valence-electron chi connectivity index (χ3n) is 2.54. The number of aromatic nitrogens is 1. The number of pyridine rings is 1. The van der Waals surface area contributed by atoms with Crippen LogP contribution < -0.4 is 15.5 Å². The second-order valence-electron chi connectivity index (χ2n) is 4.38. The van der Waals surface area contributed by atoms with Crippen molar-refractivity contribution in [1.82, 2.24) is 15.6 Å². The Kier molecular flexibility index (Phi) is 5.97. The predicted molar refractivity (Wildman–Crippen MR) is 73.7 cm³/mol. The molecular formula is C13H22N4O. The number of unbranched alkanes of at least 4 members (excludes halogenated alkanes) is 1. The van der Waals surface area contributed by atoms with E-state index >= 15 is 0 Å². The van der Waals surface area contributed by atoms with Gasteiger partial charge in [0.15, 0.2) is 0 Å². The van der Waals surface area contributed by atoms with Crippen LogP contribution in [0.5, 0.6) is 0 Å². The Morgan fingerprint density at radius 1 is 1.39 bits per heavy atom. The third-order valence-corrected chi connectivity index (χ3v) is 2.54. The van der Waals surface area contributed by atoms with Gasteiger partial charge in [0.1, 0.15) is 5.82 Å². The molecule has 5 nitrogen and oxygen atoms in total. The number of nitrogens with zero attached hydrogens (tertiary/aromatic N) is 2. The minimum Gasteiger partial charge on any atom is -0.363 e. The maximum atomic E-state index is 11.5. The zero-order valence-corrected chi connectivity index (χ0v) is 11.4. The van der Waals surface area contributed by atoms with Crippen LogP contribution in [0, 0.1) is 0 Å². The Labute approximate surface area is 109 Å². The Morgan fingerprint density at radius 2 is 2.17 bits per heavy atom. The molecule has 0 atom stereocenters. The van der Waals surface area contributed by atoms with Crippen molar-refractivity contribution < 1.29 is 4.79 Å². The fourth-order valence-corrected chi connectivity index (χ4v) is 1.44. The first-order valence-electron chi connectivity index (χ1n) is 6.27. The van der Waals surface area contributed by atoms with Crippen molar-refractivity contribution in [2.75, 3.05) is 25.5 Å². The SMILES string of the molecule is CCCCNC(=O)NCc1ccnc(N(C)C)c1. The first-order valence-corrected chi connectivity index (χ1v) is 6.27. The number of carbonyl (C=O) groups excluding carboxylic acids is 1. The van der Waals surface area contributed by atoms with Crippen LogP contribution in [0.3, 0.4) is 0 Å². The molecule has 1 heterocycles. The van der Waals surface area contributed by atoms with Crippen LogP contribution in [0.15, 0.2) is 18.3 Å². The lowest BCUT2D eigenvalue weighted by atomic mass is 10.2. The summed E-state index contributed by atoms with van der Waals surface area (Å²) in [6, 6.07) is 3.75. The molecule has 1 aromatic rings. The number of hydrogen-bond donors (Lipinski definition) is 2. The van der Waals surface area contributed by atoms with Crippen molar-refractivity contribution in [1.29, 1.82) is 0 Å². The van der Waals surface area contributed by atoms with Gasteiger partial charge in [0.25, 0.3) is 0 Å². The number of hydrogen-bond acceptors (Lipinski definition) is 3. The van der Waals surface area contributed by atoms with Crippen LogP contribution in [0.2, 0.25) is 0 Å². The molecule has 0 saturated heterocycles. The Bertz CT molecular complexity index is 379. The van der Waals surface area contributed by atoms with Gasteiger partial charge in [-0.1, -0.05) is 13.3 Å². The zero-order chi connectivity index (χ0) is 13.4. The average molecular weight is 250 g/mol. The van der Waals surface area contributed by atoms with Crippen LogP contribution in [-0.2, 0) is 6.54 Å². The summed E-state index contributed by atoms with van der Waals surface area (Å²) >= 11 is 0. The van der Waals surface area contributed by atoms with E-state index in [1.54, 1.807) is 6.20 Å². The molecule has 0 unspecified atom stereocenters. The molecule has 2 N–H and O–H groups in total. The Morgan fingerprint density at radius 3 is 2.83 bits per heavy atom. The van der Waals surface area contributed by atoms with Crippen LogP contribution in [-0.4, -0.2) is 31.7 Å². The van der Waals surface area contributed by atoms with E-state index in [0.29, 0.717) is 6.54 Å². The van der Waals surface area contributed by atoms with Gasteiger partial charge >= 0.3 is 6.03 Å². The molecule has 0 fully saturated rings. The van der Waals surface area contributed by atoms with Crippen molar-refractivity contribution in [3.63, 3.8) is 0 Å². The fraction of sp³-hybridized carbons (Fsp3) is 0.538. The lowest BCUT2D eigenvalue weighted by Crippen LogP contribution is -2.35. The van der Waals surface area contributed by atoms with Crippen LogP contribution >= 0.6 is 0 Å². The second kappa shape index (κ2) is 7.53. The fourth-order valence-electron chi connectivity index (χ4n) is 1.44. The summed E-state index contributed by atoms with van der Waals surface area (Å²) in [7, 11) is 3.88. The molecule has 0 aliphatic heterocycles. The van der Waals surface area contributed by atoms with Gasteiger partial charge in [-0.2, -0.15) is 0 Å². The predicted octanol–water partition coefficient (Wildman–Crippen LogP) is 1.75. The highest BCUT2D eigenvalue weighted by Crippen LogP contribution is 2.08. The van der Waals surface area contributed by atoms with E-state index in [1.165, 1.54) is 0 Å². The Hall–Kier alpha value is -1.78. The van der Waals surface area contributed by atoms with Gasteiger partial charge < -0.3 is 15.5 Å². The van der Waals surface area contributed by atoms with Gasteiger partial charge in [0.2, 0.25) is 0 Å². The topological polar surface area (TPSA) is 57.3 Å². The maximum Gasteiger partial charge on any atom is 0.315 e. The lowest BCUT2D eigenvalue weighted by Gasteiger charge is -2.12. The molecule has 18 heavy (non-hydrogen) atoms. The summed E-state index contributed by atoms with van der Waals surface area (Å²) in [6.45, 7) is 3.34. The number of nitrogens with one attached hydrogen (secondary N) is 2. The first kappa shape index (κ1) is 14.3. The standard InChI is InChI=1S/C13H22N4O/c1-4-5-7-15-13(18)16-10-11-6-8-14-12(9-11)17(2)3/h6,8-9H,4-5,7,10H2,1-3H3,(H2,15,16,18). The first-order chi connectivity index (χ1) is 8.63. The van der Waals surface area contributed by atoms with Crippen molar-refractivity contribution in [3.8, 4) is 0 Å². The summed E-state index contributed by atoms with van der Waals surface area (Å²) in [5, 5.41) is 5.64. The highest BCUT2D eigenvalue weighted by Gasteiger charge is 2.02. The van der Waals surface area contributed by atoms with E-state index in [9.17, 15) is 4.79 Å². The summed E-state index contributed by atoms with van der Waals surface area (Å²) in [4.78, 5) is 17.6. The quantitative estimate of drug-likeness (QED) is 0.756. The maximum absolute atomic E-state index is 11.5. The van der Waals surface area contributed by atoms with Gasteiger partial charge in [-0.15, -0.1) is 0 Å². The monoisotopic (exact) mass is 250 g/mol. The average Bonchev–Trinajstić information content (AvgIpc) is 2.37. The molecular weight excluding hydrogens is 228 g/mol. The molecule has 0 aliphatic carbocycles. The van der Waals surface area contributed by atoms with Crippen LogP contribution in [0.25, 0.3) is 0 Å². The third kappa shape index (κ3) is 5.03. The molecule has 0 saturated carbocycles. The van der Waals surface area contributed by atoms with E-state index in [4.69, 9.17) is 0 Å². The van der Waals surface area contributed by atoms with E-state index in [0.717, 1.165) is 30.8 Å². The highest BCUT2D eigenvalue weighted by atomic mass is 16.2. The normalized spacial score (nSPS) is 9.94. The van der Waals surface area contributed by atoms with Gasteiger partial charge in [-0.05, 0) is 24.1 Å². The summed E-state index contributed by atoms with van der Waals surface area (Å²) in [6.07, 6.45) is 3.84. The number of amides is 2. The lowest BCUT2D eigenvalue weighted by molar-refractivity contribution is 0.240. The Balaban J connectivity index is 2.38. The largest absolute Gasteiger partial charge is 0.363 e. The second-order valence-corrected chi connectivity index (χ2v) is 4.38. The smallest absolute Gasteiger partial charge is 0.315 e. The molecule has 0 aliphatic rings. The number of urea groups is 1. The highest BCUT2D eigenvalue weighted by molar-refractivity contribution is 5.73. The van der Waals surface area contributed by atoms with E-state index < -0.39 is 0 Å².